The highest BCUT2D eigenvalue weighted by atomic mass is 19.2. The van der Waals surface area contributed by atoms with Crippen molar-refractivity contribution in [3.63, 3.8) is 0 Å². The Morgan fingerprint density at radius 1 is 0.789 bits per heavy atom. The Kier molecular flexibility index (Phi) is 11.0. The molecule has 0 spiro atoms. The number of hydrogen-bond acceptors (Lipinski definition) is 1. The van der Waals surface area contributed by atoms with Gasteiger partial charge >= 0.3 is 0 Å². The third-order valence-corrected chi connectivity index (χ3v) is 8.92. The zero-order chi connectivity index (χ0) is 26.7. The molecular weight excluding hydrogens is 474 g/mol. The SMILES string of the molecule is C=CCCOc1ccc(C2CCC(C3CCC(C=CCCc4ccc(CCC)cc4)CC3)CC2)c(F)c1F. The highest BCUT2D eigenvalue weighted by Crippen LogP contribution is 2.45. The Bertz CT molecular complexity index is 1020. The van der Waals surface area contributed by atoms with Crippen molar-refractivity contribution in [3.8, 4) is 5.75 Å². The van der Waals surface area contributed by atoms with Crippen LogP contribution in [0.15, 0.2) is 61.2 Å². The minimum atomic E-state index is -0.843. The fourth-order valence-corrected chi connectivity index (χ4v) is 6.64. The minimum Gasteiger partial charge on any atom is -0.490 e. The number of allylic oxidation sites excluding steroid dienone is 2. The Labute approximate surface area is 229 Å². The molecule has 0 saturated heterocycles. The summed E-state index contributed by atoms with van der Waals surface area (Å²) >= 11 is 0. The Balaban J connectivity index is 1.17. The van der Waals surface area contributed by atoms with Crippen molar-refractivity contribution in [2.45, 2.75) is 96.3 Å². The third kappa shape index (κ3) is 7.80. The minimum absolute atomic E-state index is 0.00802. The molecule has 2 aliphatic rings. The summed E-state index contributed by atoms with van der Waals surface area (Å²) in [6.07, 6.45) is 21.2. The Morgan fingerprint density at radius 2 is 1.42 bits per heavy atom. The van der Waals surface area contributed by atoms with Crippen molar-refractivity contribution in [1.82, 2.24) is 0 Å². The van der Waals surface area contributed by atoms with E-state index in [0.717, 1.165) is 56.3 Å². The normalized spacial score (nSPS) is 24.0. The van der Waals surface area contributed by atoms with E-state index >= 15 is 0 Å². The molecule has 0 amide bonds. The van der Waals surface area contributed by atoms with Crippen LogP contribution < -0.4 is 4.74 Å². The zero-order valence-electron chi connectivity index (χ0n) is 23.3. The van der Waals surface area contributed by atoms with E-state index in [0.29, 0.717) is 18.6 Å². The molecule has 0 bridgehead atoms. The Hall–Kier alpha value is -2.42. The maximum atomic E-state index is 14.8. The van der Waals surface area contributed by atoms with Crippen LogP contribution in [0.1, 0.15) is 100 Å². The maximum absolute atomic E-state index is 14.8. The van der Waals surface area contributed by atoms with Gasteiger partial charge in [0.15, 0.2) is 11.6 Å². The van der Waals surface area contributed by atoms with Crippen molar-refractivity contribution < 1.29 is 13.5 Å². The van der Waals surface area contributed by atoms with Gasteiger partial charge in [0.1, 0.15) is 0 Å². The van der Waals surface area contributed by atoms with Crippen molar-refractivity contribution in [2.75, 3.05) is 6.61 Å². The quantitative estimate of drug-likeness (QED) is 0.200. The van der Waals surface area contributed by atoms with Gasteiger partial charge in [-0.05, 0) is 123 Å². The molecule has 1 nitrogen and oxygen atoms in total. The summed E-state index contributed by atoms with van der Waals surface area (Å²) in [5.41, 5.74) is 3.41. The highest BCUT2D eigenvalue weighted by Gasteiger charge is 2.32. The Morgan fingerprint density at radius 3 is 2.05 bits per heavy atom. The van der Waals surface area contributed by atoms with E-state index in [4.69, 9.17) is 4.74 Å². The fourth-order valence-electron chi connectivity index (χ4n) is 6.64. The third-order valence-electron chi connectivity index (χ3n) is 8.92. The van der Waals surface area contributed by atoms with Gasteiger partial charge in [-0.2, -0.15) is 4.39 Å². The first-order valence-corrected chi connectivity index (χ1v) is 15.0. The molecule has 2 aliphatic carbocycles. The van der Waals surface area contributed by atoms with E-state index < -0.39 is 11.6 Å². The average Bonchev–Trinajstić information content (AvgIpc) is 2.95. The standard InChI is InChI=1S/C35H46F2O/c1-3-5-25-38-33-24-23-32(34(36)35(33)37)31-21-19-30(20-22-31)29-17-15-28(16-18-29)10-7-6-9-27-13-11-26(8-4-2)12-14-27/h3,7,10-14,23-24,28-31H,1,4-6,8-9,15-22,25H2,2H3. The van der Waals surface area contributed by atoms with Crippen LogP contribution in [-0.2, 0) is 12.8 Å². The van der Waals surface area contributed by atoms with E-state index in [1.54, 1.807) is 18.2 Å². The first-order chi connectivity index (χ1) is 18.6. The van der Waals surface area contributed by atoms with Gasteiger partial charge in [0.05, 0.1) is 6.61 Å². The van der Waals surface area contributed by atoms with Crippen molar-refractivity contribution in [3.05, 3.63) is 89.5 Å². The maximum Gasteiger partial charge on any atom is 0.200 e. The van der Waals surface area contributed by atoms with Crippen molar-refractivity contribution in [2.24, 2.45) is 17.8 Å². The molecule has 38 heavy (non-hydrogen) atoms. The van der Waals surface area contributed by atoms with Gasteiger partial charge in [-0.15, -0.1) is 6.58 Å². The monoisotopic (exact) mass is 520 g/mol. The van der Waals surface area contributed by atoms with Crippen LogP contribution in [0.25, 0.3) is 0 Å². The van der Waals surface area contributed by atoms with Crippen molar-refractivity contribution in [1.29, 1.82) is 0 Å². The molecule has 0 atom stereocenters. The molecule has 2 aromatic carbocycles. The molecule has 0 unspecified atom stereocenters. The number of hydrogen-bond donors (Lipinski definition) is 0. The molecule has 206 valence electrons. The molecule has 0 aromatic heterocycles. The smallest absolute Gasteiger partial charge is 0.200 e. The van der Waals surface area contributed by atoms with Crippen LogP contribution in [0.4, 0.5) is 8.78 Å². The van der Waals surface area contributed by atoms with Crippen LogP contribution in [0.2, 0.25) is 0 Å². The van der Waals surface area contributed by atoms with E-state index in [1.807, 2.05) is 0 Å². The summed E-state index contributed by atoms with van der Waals surface area (Å²) in [7, 11) is 0. The van der Waals surface area contributed by atoms with E-state index in [-0.39, 0.29) is 11.7 Å². The lowest BCUT2D eigenvalue weighted by atomic mass is 9.68. The lowest BCUT2D eigenvalue weighted by Crippen LogP contribution is -2.25. The molecule has 2 aromatic rings. The van der Waals surface area contributed by atoms with Crippen LogP contribution in [0.5, 0.6) is 5.75 Å². The molecule has 2 fully saturated rings. The molecule has 3 heteroatoms. The molecule has 0 radical (unpaired) electrons. The molecule has 0 N–H and O–H groups in total. The van der Waals surface area contributed by atoms with Gasteiger partial charge in [0, 0.05) is 0 Å². The van der Waals surface area contributed by atoms with Crippen LogP contribution in [0, 0.1) is 29.4 Å². The summed E-state index contributed by atoms with van der Waals surface area (Å²) in [4.78, 5) is 0. The van der Waals surface area contributed by atoms with Gasteiger partial charge < -0.3 is 4.74 Å². The largest absolute Gasteiger partial charge is 0.490 e. The number of rotatable bonds is 12. The predicted octanol–water partition coefficient (Wildman–Crippen LogP) is 10.1. The van der Waals surface area contributed by atoms with Gasteiger partial charge in [-0.25, -0.2) is 4.39 Å². The number of benzene rings is 2. The predicted molar refractivity (Wildman–Crippen MR) is 155 cm³/mol. The average molecular weight is 521 g/mol. The lowest BCUT2D eigenvalue weighted by Gasteiger charge is -2.37. The fraction of sp³-hybridized carbons (Fsp3) is 0.543. The molecule has 0 aliphatic heterocycles. The lowest BCUT2D eigenvalue weighted by molar-refractivity contribution is 0.170. The van der Waals surface area contributed by atoms with E-state index in [2.05, 4.69) is 49.9 Å². The summed E-state index contributed by atoms with van der Waals surface area (Å²) in [5.74, 6) is 0.818. The summed E-state index contributed by atoms with van der Waals surface area (Å²) < 4.78 is 34.8. The van der Waals surface area contributed by atoms with Crippen LogP contribution >= 0.6 is 0 Å². The van der Waals surface area contributed by atoms with Gasteiger partial charge in [-0.1, -0.05) is 61.9 Å². The molecular formula is C35H46F2O. The van der Waals surface area contributed by atoms with Crippen LogP contribution in [-0.4, -0.2) is 6.61 Å². The van der Waals surface area contributed by atoms with Gasteiger partial charge in [-0.3, -0.25) is 0 Å². The first kappa shape index (κ1) is 28.6. The van der Waals surface area contributed by atoms with Gasteiger partial charge in [0.25, 0.3) is 0 Å². The van der Waals surface area contributed by atoms with Gasteiger partial charge in [0.2, 0.25) is 5.82 Å². The molecule has 4 rings (SSSR count). The topological polar surface area (TPSA) is 9.23 Å². The second-order valence-corrected chi connectivity index (χ2v) is 11.5. The zero-order valence-corrected chi connectivity index (χ0v) is 23.3. The van der Waals surface area contributed by atoms with E-state index in [9.17, 15) is 8.78 Å². The molecule has 2 saturated carbocycles. The van der Waals surface area contributed by atoms with Crippen molar-refractivity contribution >= 4 is 0 Å². The summed E-state index contributed by atoms with van der Waals surface area (Å²) in [5, 5.41) is 0. The number of halogens is 2. The first-order valence-electron chi connectivity index (χ1n) is 15.0. The highest BCUT2D eigenvalue weighted by molar-refractivity contribution is 5.33. The number of ether oxygens (including phenoxy) is 1. The van der Waals surface area contributed by atoms with E-state index in [1.165, 1.54) is 49.7 Å². The summed E-state index contributed by atoms with van der Waals surface area (Å²) in [6.45, 7) is 6.17. The molecule has 0 heterocycles. The second-order valence-electron chi connectivity index (χ2n) is 11.5. The second kappa shape index (κ2) is 14.7. The summed E-state index contributed by atoms with van der Waals surface area (Å²) in [6, 6.07) is 12.5. The van der Waals surface area contributed by atoms with Crippen LogP contribution in [0.3, 0.4) is 0 Å². The number of aryl methyl sites for hydroxylation is 2.